The van der Waals surface area contributed by atoms with E-state index in [1.807, 2.05) is 57.5 Å². The number of hydrogen-bond acceptors (Lipinski definition) is 5. The van der Waals surface area contributed by atoms with Crippen molar-refractivity contribution in [1.82, 2.24) is 24.5 Å². The van der Waals surface area contributed by atoms with Crippen molar-refractivity contribution in [1.29, 1.82) is 0 Å². The van der Waals surface area contributed by atoms with Gasteiger partial charge in [-0.15, -0.1) is 0 Å². The SMILES string of the molecule is CCn1cc(NC(=O)c2cc(C)nc3c2c(C)nn3C(C)C)c(C(=O)Nc2ccccc2)n1. The number of anilines is 2. The number of pyridine rings is 1. The molecule has 3 aromatic heterocycles. The zero-order valence-corrected chi connectivity index (χ0v) is 19.4. The summed E-state index contributed by atoms with van der Waals surface area (Å²) in [5.74, 6) is -0.745. The van der Waals surface area contributed by atoms with Crippen LogP contribution in [0.4, 0.5) is 11.4 Å². The molecule has 0 saturated carbocycles. The highest BCUT2D eigenvalue weighted by atomic mass is 16.2. The van der Waals surface area contributed by atoms with Crippen LogP contribution >= 0.6 is 0 Å². The zero-order chi connectivity index (χ0) is 23.7. The molecular weight excluding hydrogens is 418 g/mol. The molecule has 170 valence electrons. The number of carbonyl (C=O) groups excluding carboxylic acids is 2. The van der Waals surface area contributed by atoms with Gasteiger partial charge in [0.05, 0.1) is 22.3 Å². The molecule has 9 heteroatoms. The number of aromatic nitrogens is 5. The van der Waals surface area contributed by atoms with Crippen molar-refractivity contribution in [3.8, 4) is 0 Å². The number of benzene rings is 1. The van der Waals surface area contributed by atoms with E-state index in [0.717, 1.165) is 5.69 Å². The second-order valence-corrected chi connectivity index (χ2v) is 8.15. The topological polar surface area (TPSA) is 107 Å². The van der Waals surface area contributed by atoms with Crippen LogP contribution < -0.4 is 10.6 Å². The standard InChI is InChI=1S/C24H27N7O2/c1-6-30-13-19(21(29-30)24(33)26-17-10-8-7-9-11-17)27-23(32)18-12-15(4)25-22-20(18)16(5)28-31(22)14(2)3/h7-14H,6H2,1-5H3,(H,26,33)(H,27,32). The summed E-state index contributed by atoms with van der Waals surface area (Å²) in [6.45, 7) is 10.2. The molecule has 0 aliphatic heterocycles. The van der Waals surface area contributed by atoms with Gasteiger partial charge in [-0.05, 0) is 52.8 Å². The fourth-order valence-electron chi connectivity index (χ4n) is 3.72. The Hall–Kier alpha value is -4.01. The normalized spacial score (nSPS) is 11.2. The molecule has 0 aliphatic carbocycles. The highest BCUT2D eigenvalue weighted by Gasteiger charge is 2.23. The predicted molar refractivity (Wildman–Crippen MR) is 128 cm³/mol. The summed E-state index contributed by atoms with van der Waals surface area (Å²) < 4.78 is 3.44. The van der Waals surface area contributed by atoms with Gasteiger partial charge in [0.2, 0.25) is 0 Å². The minimum atomic E-state index is -0.399. The first-order chi connectivity index (χ1) is 15.8. The van der Waals surface area contributed by atoms with Crippen molar-refractivity contribution < 1.29 is 9.59 Å². The summed E-state index contributed by atoms with van der Waals surface area (Å²) in [5, 5.41) is 15.3. The predicted octanol–water partition coefficient (Wildman–Crippen LogP) is 4.35. The average Bonchev–Trinajstić information content (AvgIpc) is 3.34. The second kappa shape index (κ2) is 8.85. The molecule has 1 aromatic carbocycles. The summed E-state index contributed by atoms with van der Waals surface area (Å²) in [6, 6.07) is 11.0. The minimum absolute atomic E-state index is 0.0995. The third kappa shape index (κ3) is 4.34. The van der Waals surface area contributed by atoms with Gasteiger partial charge < -0.3 is 10.6 Å². The number of hydrogen-bond donors (Lipinski definition) is 2. The van der Waals surface area contributed by atoms with E-state index in [9.17, 15) is 9.59 Å². The van der Waals surface area contributed by atoms with E-state index < -0.39 is 5.91 Å². The van der Waals surface area contributed by atoms with Crippen LogP contribution in [0.2, 0.25) is 0 Å². The molecule has 0 atom stereocenters. The lowest BCUT2D eigenvalue weighted by molar-refractivity contribution is 0.102. The molecule has 33 heavy (non-hydrogen) atoms. The Morgan fingerprint density at radius 2 is 1.76 bits per heavy atom. The molecular formula is C24H27N7O2. The molecule has 2 N–H and O–H groups in total. The lowest BCUT2D eigenvalue weighted by atomic mass is 10.1. The van der Waals surface area contributed by atoms with Crippen LogP contribution in [0.3, 0.4) is 0 Å². The van der Waals surface area contributed by atoms with Crippen molar-refractivity contribution in [3.63, 3.8) is 0 Å². The maximum absolute atomic E-state index is 13.4. The van der Waals surface area contributed by atoms with Gasteiger partial charge in [0.15, 0.2) is 11.3 Å². The number of rotatable bonds is 6. The Balaban J connectivity index is 1.70. The molecule has 0 unspecified atom stereocenters. The summed E-state index contributed by atoms with van der Waals surface area (Å²) in [4.78, 5) is 30.9. The number of nitrogens with zero attached hydrogens (tertiary/aromatic N) is 5. The molecule has 0 aliphatic rings. The van der Waals surface area contributed by atoms with E-state index in [1.165, 1.54) is 0 Å². The summed E-state index contributed by atoms with van der Waals surface area (Å²) in [6.07, 6.45) is 1.66. The van der Waals surface area contributed by atoms with Gasteiger partial charge in [-0.25, -0.2) is 9.67 Å². The smallest absolute Gasteiger partial charge is 0.278 e. The van der Waals surface area contributed by atoms with Gasteiger partial charge in [-0.1, -0.05) is 18.2 Å². The van der Waals surface area contributed by atoms with E-state index in [0.29, 0.717) is 40.2 Å². The van der Waals surface area contributed by atoms with Crippen molar-refractivity contribution in [2.75, 3.05) is 10.6 Å². The first-order valence-corrected chi connectivity index (χ1v) is 10.9. The third-order valence-corrected chi connectivity index (χ3v) is 5.28. The van der Waals surface area contributed by atoms with E-state index in [4.69, 9.17) is 0 Å². The fourth-order valence-corrected chi connectivity index (χ4v) is 3.72. The Labute approximate surface area is 191 Å². The van der Waals surface area contributed by atoms with Crippen molar-refractivity contribution in [3.05, 3.63) is 65.2 Å². The highest BCUT2D eigenvalue weighted by molar-refractivity contribution is 6.15. The van der Waals surface area contributed by atoms with E-state index in [-0.39, 0.29) is 17.6 Å². The average molecular weight is 446 g/mol. The third-order valence-electron chi connectivity index (χ3n) is 5.28. The van der Waals surface area contributed by atoms with Gasteiger partial charge >= 0.3 is 0 Å². The lowest BCUT2D eigenvalue weighted by Gasteiger charge is -2.10. The van der Waals surface area contributed by atoms with E-state index in [2.05, 4.69) is 25.8 Å². The maximum atomic E-state index is 13.4. The van der Waals surface area contributed by atoms with Crippen LogP contribution in [0.1, 0.15) is 59.0 Å². The van der Waals surface area contributed by atoms with Crippen LogP contribution in [0.5, 0.6) is 0 Å². The van der Waals surface area contributed by atoms with E-state index >= 15 is 0 Å². The number of fused-ring (bicyclic) bond motifs is 1. The lowest BCUT2D eigenvalue weighted by Crippen LogP contribution is -2.18. The van der Waals surface area contributed by atoms with Crippen LogP contribution in [-0.4, -0.2) is 36.4 Å². The molecule has 0 saturated heterocycles. The fraction of sp³-hybridized carbons (Fsp3) is 0.292. The summed E-state index contributed by atoms with van der Waals surface area (Å²) in [7, 11) is 0. The van der Waals surface area contributed by atoms with Gasteiger partial charge in [0.1, 0.15) is 0 Å². The molecule has 0 fully saturated rings. The van der Waals surface area contributed by atoms with Gasteiger partial charge in [-0.2, -0.15) is 10.2 Å². The Morgan fingerprint density at radius 3 is 2.42 bits per heavy atom. The molecule has 3 heterocycles. The van der Waals surface area contributed by atoms with Gasteiger partial charge in [0.25, 0.3) is 11.8 Å². The molecule has 0 radical (unpaired) electrons. The highest BCUT2D eigenvalue weighted by Crippen LogP contribution is 2.26. The summed E-state index contributed by atoms with van der Waals surface area (Å²) >= 11 is 0. The van der Waals surface area contributed by atoms with Crippen LogP contribution in [0, 0.1) is 13.8 Å². The first-order valence-electron chi connectivity index (χ1n) is 10.9. The zero-order valence-electron chi connectivity index (χ0n) is 19.4. The molecule has 9 nitrogen and oxygen atoms in total. The van der Waals surface area contributed by atoms with Crippen LogP contribution in [-0.2, 0) is 6.54 Å². The Bertz CT molecular complexity index is 1340. The van der Waals surface area contributed by atoms with Crippen LogP contribution in [0.15, 0.2) is 42.6 Å². The number of amides is 2. The number of aryl methyl sites for hydroxylation is 3. The van der Waals surface area contributed by atoms with Gasteiger partial charge in [-0.3, -0.25) is 14.3 Å². The summed E-state index contributed by atoms with van der Waals surface area (Å²) in [5.41, 5.74) is 3.69. The first kappa shape index (κ1) is 22.2. The van der Waals surface area contributed by atoms with Gasteiger partial charge in [0, 0.05) is 30.2 Å². The van der Waals surface area contributed by atoms with Crippen molar-refractivity contribution in [2.45, 2.75) is 47.2 Å². The van der Waals surface area contributed by atoms with E-state index in [1.54, 1.807) is 29.1 Å². The van der Waals surface area contributed by atoms with Crippen molar-refractivity contribution in [2.24, 2.45) is 0 Å². The maximum Gasteiger partial charge on any atom is 0.278 e. The molecule has 2 amide bonds. The second-order valence-electron chi connectivity index (χ2n) is 8.15. The van der Waals surface area contributed by atoms with Crippen LogP contribution in [0.25, 0.3) is 11.0 Å². The monoisotopic (exact) mass is 445 g/mol. The largest absolute Gasteiger partial charge is 0.321 e. The van der Waals surface area contributed by atoms with Crippen molar-refractivity contribution >= 4 is 34.2 Å². The number of carbonyl (C=O) groups is 2. The number of para-hydroxylation sites is 1. The Kier molecular flexibility index (Phi) is 5.95. The molecule has 4 rings (SSSR count). The quantitative estimate of drug-likeness (QED) is 0.459. The number of nitrogens with one attached hydrogen (secondary N) is 2. The molecule has 0 bridgehead atoms. The minimum Gasteiger partial charge on any atom is -0.321 e. The Morgan fingerprint density at radius 1 is 1.03 bits per heavy atom. The molecule has 0 spiro atoms. The molecule has 4 aromatic rings.